The Morgan fingerprint density at radius 1 is 1.21 bits per heavy atom. The Morgan fingerprint density at radius 3 is 2.62 bits per heavy atom. The SMILES string of the molecule is CNC(=O)/C(=N/CO)Oc1cc(OCc2ccccc2)ccc1C. The van der Waals surface area contributed by atoms with Crippen LogP contribution in [0.25, 0.3) is 0 Å². The number of carbonyl (C=O) groups excluding carboxylic acids is 1. The molecule has 24 heavy (non-hydrogen) atoms. The molecule has 0 aliphatic carbocycles. The summed E-state index contributed by atoms with van der Waals surface area (Å²) in [5, 5.41) is 11.3. The number of nitrogens with one attached hydrogen (secondary N) is 1. The Hall–Kier alpha value is -2.86. The second-order valence-electron chi connectivity index (χ2n) is 4.99. The highest BCUT2D eigenvalue weighted by Gasteiger charge is 2.14. The largest absolute Gasteiger partial charge is 0.489 e. The first kappa shape index (κ1) is 17.5. The summed E-state index contributed by atoms with van der Waals surface area (Å²) >= 11 is 0. The van der Waals surface area contributed by atoms with Gasteiger partial charge in [-0.15, -0.1) is 0 Å². The normalized spacial score (nSPS) is 11.0. The molecule has 0 aromatic heterocycles. The van der Waals surface area contributed by atoms with Gasteiger partial charge in [0.1, 0.15) is 24.8 Å². The molecule has 2 N–H and O–H groups in total. The van der Waals surface area contributed by atoms with Crippen LogP contribution in [0.15, 0.2) is 53.5 Å². The topological polar surface area (TPSA) is 80.2 Å². The number of benzene rings is 2. The lowest BCUT2D eigenvalue weighted by Crippen LogP contribution is -2.32. The number of aliphatic hydroxyl groups is 1. The van der Waals surface area contributed by atoms with E-state index in [-0.39, 0.29) is 5.90 Å². The van der Waals surface area contributed by atoms with E-state index in [0.29, 0.717) is 18.1 Å². The maximum absolute atomic E-state index is 11.7. The smallest absolute Gasteiger partial charge is 0.306 e. The van der Waals surface area contributed by atoms with Crippen LogP contribution in [0.1, 0.15) is 11.1 Å². The van der Waals surface area contributed by atoms with Crippen molar-refractivity contribution in [2.45, 2.75) is 13.5 Å². The number of nitrogens with zero attached hydrogens (tertiary/aromatic N) is 1. The molecule has 2 rings (SSSR count). The van der Waals surface area contributed by atoms with E-state index in [1.54, 1.807) is 6.07 Å². The van der Waals surface area contributed by atoms with E-state index in [1.165, 1.54) is 7.05 Å². The molecular formula is C18H20N2O4. The standard InChI is InChI=1S/C18H20N2O4/c1-13-8-9-15(23-11-14-6-4-3-5-7-14)10-16(13)24-18(20-12-21)17(22)19-2/h3-10,21H,11-12H2,1-2H3,(H,19,22)/b20-18-. The second kappa shape index (κ2) is 8.69. The van der Waals surface area contributed by atoms with Crippen molar-refractivity contribution in [3.63, 3.8) is 0 Å². The number of carbonyl (C=O) groups is 1. The van der Waals surface area contributed by atoms with Crippen LogP contribution in [0.3, 0.4) is 0 Å². The summed E-state index contributed by atoms with van der Waals surface area (Å²) in [6, 6.07) is 15.1. The van der Waals surface area contributed by atoms with Gasteiger partial charge in [0.05, 0.1) is 0 Å². The summed E-state index contributed by atoms with van der Waals surface area (Å²) in [4.78, 5) is 15.4. The van der Waals surface area contributed by atoms with Crippen molar-refractivity contribution in [2.24, 2.45) is 4.99 Å². The highest BCUT2D eigenvalue weighted by Crippen LogP contribution is 2.25. The zero-order valence-electron chi connectivity index (χ0n) is 13.7. The predicted octanol–water partition coefficient (Wildman–Crippen LogP) is 2.05. The van der Waals surface area contributed by atoms with Crippen LogP contribution < -0.4 is 14.8 Å². The zero-order chi connectivity index (χ0) is 17.4. The van der Waals surface area contributed by atoms with Crippen LogP contribution in [0.4, 0.5) is 0 Å². The van der Waals surface area contributed by atoms with Gasteiger partial charge in [-0.1, -0.05) is 36.4 Å². The molecule has 126 valence electrons. The van der Waals surface area contributed by atoms with Gasteiger partial charge in [0.2, 0.25) is 0 Å². The third-order valence-corrected chi connectivity index (χ3v) is 3.25. The minimum atomic E-state index is -0.536. The lowest BCUT2D eigenvalue weighted by Gasteiger charge is -2.12. The molecule has 0 aliphatic heterocycles. The number of likely N-dealkylation sites (N-methyl/N-ethyl adjacent to an activating group) is 1. The number of aliphatic hydroxyl groups excluding tert-OH is 1. The first-order valence-electron chi connectivity index (χ1n) is 7.46. The maximum atomic E-state index is 11.7. The molecule has 0 saturated carbocycles. The molecule has 0 fully saturated rings. The summed E-state index contributed by atoms with van der Waals surface area (Å²) in [6.07, 6.45) is 0. The van der Waals surface area contributed by atoms with Crippen LogP contribution in [-0.4, -0.2) is 30.7 Å². The summed E-state index contributed by atoms with van der Waals surface area (Å²) in [7, 11) is 1.46. The molecule has 0 radical (unpaired) electrons. The minimum absolute atomic E-state index is 0.205. The number of ether oxygens (including phenoxy) is 2. The van der Waals surface area contributed by atoms with E-state index in [9.17, 15) is 4.79 Å². The fourth-order valence-electron chi connectivity index (χ4n) is 1.95. The molecule has 0 atom stereocenters. The summed E-state index contributed by atoms with van der Waals surface area (Å²) in [5.74, 6) is 0.332. The van der Waals surface area contributed by atoms with Gasteiger partial charge in [-0.3, -0.25) is 4.79 Å². The first-order valence-corrected chi connectivity index (χ1v) is 7.46. The quantitative estimate of drug-likeness (QED) is 0.650. The lowest BCUT2D eigenvalue weighted by atomic mass is 10.2. The van der Waals surface area contributed by atoms with Gasteiger partial charge < -0.3 is 19.9 Å². The Morgan fingerprint density at radius 2 is 1.96 bits per heavy atom. The Bertz CT molecular complexity index is 714. The van der Waals surface area contributed by atoms with Crippen LogP contribution in [0, 0.1) is 6.92 Å². The number of rotatable bonds is 5. The molecule has 6 nitrogen and oxygen atoms in total. The van der Waals surface area contributed by atoms with Crippen molar-refractivity contribution in [2.75, 3.05) is 13.8 Å². The van der Waals surface area contributed by atoms with Crippen molar-refractivity contribution in [3.8, 4) is 11.5 Å². The third kappa shape index (κ3) is 4.82. The molecule has 0 saturated heterocycles. The Balaban J connectivity index is 2.13. The van der Waals surface area contributed by atoms with E-state index in [2.05, 4.69) is 10.3 Å². The predicted molar refractivity (Wildman–Crippen MR) is 91.2 cm³/mol. The monoisotopic (exact) mass is 328 g/mol. The maximum Gasteiger partial charge on any atom is 0.306 e. The molecule has 0 unspecified atom stereocenters. The van der Waals surface area contributed by atoms with Crippen molar-refractivity contribution < 1.29 is 19.4 Å². The van der Waals surface area contributed by atoms with Crippen molar-refractivity contribution in [1.82, 2.24) is 5.32 Å². The van der Waals surface area contributed by atoms with E-state index >= 15 is 0 Å². The average molecular weight is 328 g/mol. The molecule has 1 amide bonds. The highest BCUT2D eigenvalue weighted by molar-refractivity contribution is 6.35. The fraction of sp³-hybridized carbons (Fsp3) is 0.222. The number of amides is 1. The number of hydrogen-bond donors (Lipinski definition) is 2. The van der Waals surface area contributed by atoms with E-state index < -0.39 is 12.6 Å². The summed E-state index contributed by atoms with van der Waals surface area (Å²) in [5.41, 5.74) is 1.87. The zero-order valence-corrected chi connectivity index (χ0v) is 13.7. The average Bonchev–Trinajstić information content (AvgIpc) is 2.62. The summed E-state index contributed by atoms with van der Waals surface area (Å²) < 4.78 is 11.3. The third-order valence-electron chi connectivity index (χ3n) is 3.25. The van der Waals surface area contributed by atoms with Gasteiger partial charge in [-0.05, 0) is 24.1 Å². The van der Waals surface area contributed by atoms with Crippen LogP contribution in [-0.2, 0) is 11.4 Å². The molecule has 0 heterocycles. The lowest BCUT2D eigenvalue weighted by molar-refractivity contribution is -0.115. The van der Waals surface area contributed by atoms with E-state index in [4.69, 9.17) is 14.6 Å². The fourth-order valence-corrected chi connectivity index (χ4v) is 1.95. The van der Waals surface area contributed by atoms with E-state index in [1.807, 2.05) is 49.4 Å². The van der Waals surface area contributed by atoms with Crippen LogP contribution in [0.5, 0.6) is 11.5 Å². The number of aliphatic imine (C=N–C) groups is 1. The molecule has 2 aromatic carbocycles. The van der Waals surface area contributed by atoms with Crippen molar-refractivity contribution >= 4 is 11.8 Å². The molecular weight excluding hydrogens is 308 g/mol. The molecule has 0 spiro atoms. The van der Waals surface area contributed by atoms with Gasteiger partial charge in [0.25, 0.3) is 5.90 Å². The minimum Gasteiger partial charge on any atom is -0.489 e. The van der Waals surface area contributed by atoms with Crippen LogP contribution >= 0.6 is 0 Å². The van der Waals surface area contributed by atoms with Gasteiger partial charge >= 0.3 is 5.91 Å². The Labute approximate surface area is 140 Å². The summed E-state index contributed by atoms with van der Waals surface area (Å²) in [6.45, 7) is 1.74. The van der Waals surface area contributed by atoms with Gasteiger partial charge in [0.15, 0.2) is 0 Å². The van der Waals surface area contributed by atoms with Crippen LogP contribution in [0.2, 0.25) is 0 Å². The van der Waals surface area contributed by atoms with Gasteiger partial charge in [0, 0.05) is 13.1 Å². The van der Waals surface area contributed by atoms with E-state index in [0.717, 1.165) is 11.1 Å². The Kier molecular flexibility index (Phi) is 6.33. The molecule has 2 aromatic rings. The molecule has 0 bridgehead atoms. The molecule has 0 aliphatic rings. The second-order valence-corrected chi connectivity index (χ2v) is 4.99. The molecule has 6 heteroatoms. The van der Waals surface area contributed by atoms with Gasteiger partial charge in [-0.25, -0.2) is 4.99 Å². The van der Waals surface area contributed by atoms with Crippen molar-refractivity contribution in [3.05, 3.63) is 59.7 Å². The first-order chi connectivity index (χ1) is 11.6. The number of aryl methyl sites for hydroxylation is 1. The van der Waals surface area contributed by atoms with Gasteiger partial charge in [-0.2, -0.15) is 0 Å². The van der Waals surface area contributed by atoms with Crippen molar-refractivity contribution in [1.29, 1.82) is 0 Å². The highest BCUT2D eigenvalue weighted by atomic mass is 16.5. The number of hydrogen-bond acceptors (Lipinski definition) is 5.